The highest BCUT2D eigenvalue weighted by Crippen LogP contribution is 2.23. The van der Waals surface area contributed by atoms with Crippen molar-refractivity contribution in [2.75, 3.05) is 26.2 Å². The number of benzene rings is 1. The van der Waals surface area contributed by atoms with E-state index in [0.717, 1.165) is 6.42 Å². The normalized spacial score (nSPS) is 23.2. The zero-order valence-electron chi connectivity index (χ0n) is 14.4. The Morgan fingerprint density at radius 1 is 0.962 bits per heavy atom. The van der Waals surface area contributed by atoms with Gasteiger partial charge in [0.05, 0.1) is 11.8 Å². The molecule has 2 fully saturated rings. The van der Waals surface area contributed by atoms with Gasteiger partial charge in [-0.15, -0.1) is 0 Å². The molecule has 0 saturated carbocycles. The van der Waals surface area contributed by atoms with Gasteiger partial charge in [0.2, 0.25) is 5.91 Å². The minimum Gasteiger partial charge on any atom is -0.472 e. The van der Waals surface area contributed by atoms with Crippen molar-refractivity contribution in [3.05, 3.63) is 60.1 Å². The molecular formula is C19H22N4O3. The fourth-order valence-corrected chi connectivity index (χ4v) is 3.54. The Labute approximate surface area is 151 Å². The summed E-state index contributed by atoms with van der Waals surface area (Å²) in [6, 6.07) is 11.7. The highest BCUT2D eigenvalue weighted by Gasteiger charge is 2.34. The largest absolute Gasteiger partial charge is 0.472 e. The van der Waals surface area contributed by atoms with E-state index in [1.165, 1.54) is 18.1 Å². The average molecular weight is 354 g/mol. The number of amides is 2. The molecule has 7 heteroatoms. The fraction of sp³-hybridized carbons (Fsp3) is 0.368. The van der Waals surface area contributed by atoms with Gasteiger partial charge in [-0.3, -0.25) is 9.59 Å². The number of nitrogens with one attached hydrogen (secondary N) is 2. The molecule has 0 radical (unpaired) electrons. The number of carbonyl (C=O) groups is 2. The molecule has 2 saturated heterocycles. The lowest BCUT2D eigenvalue weighted by molar-refractivity contribution is -0.134. The van der Waals surface area contributed by atoms with E-state index in [9.17, 15) is 9.59 Å². The number of piperazine rings is 1. The zero-order valence-corrected chi connectivity index (χ0v) is 14.4. The van der Waals surface area contributed by atoms with Crippen LogP contribution in [0.2, 0.25) is 0 Å². The summed E-state index contributed by atoms with van der Waals surface area (Å²) in [6.07, 6.45) is 3.67. The van der Waals surface area contributed by atoms with Gasteiger partial charge in [-0.05, 0) is 18.1 Å². The molecule has 2 amide bonds. The lowest BCUT2D eigenvalue weighted by atomic mass is 10.0. The van der Waals surface area contributed by atoms with Crippen LogP contribution in [0.5, 0.6) is 0 Å². The average Bonchev–Trinajstić information content (AvgIpc) is 3.40. The van der Waals surface area contributed by atoms with Crippen LogP contribution in [-0.2, 0) is 4.79 Å². The predicted molar refractivity (Wildman–Crippen MR) is 95.1 cm³/mol. The fourth-order valence-electron chi connectivity index (χ4n) is 3.54. The summed E-state index contributed by atoms with van der Waals surface area (Å²) >= 11 is 0. The molecule has 0 bridgehead atoms. The minimum atomic E-state index is -0.240. The van der Waals surface area contributed by atoms with Crippen molar-refractivity contribution in [3.63, 3.8) is 0 Å². The molecule has 26 heavy (non-hydrogen) atoms. The molecule has 136 valence electrons. The first-order valence-corrected chi connectivity index (χ1v) is 8.88. The Morgan fingerprint density at radius 2 is 1.69 bits per heavy atom. The SMILES string of the molecule is O=C(c1ccoc1)N1CCN(C(=O)C2CC(c3ccccc3)NN2)CC1. The standard InChI is InChI=1S/C19H22N4O3/c24-18(15-6-11-26-13-15)22-7-9-23(10-8-22)19(25)17-12-16(20-21-17)14-4-2-1-3-5-14/h1-6,11,13,16-17,20-21H,7-10,12H2. The van der Waals surface area contributed by atoms with Crippen LogP contribution in [0.25, 0.3) is 0 Å². The van der Waals surface area contributed by atoms with Gasteiger partial charge in [-0.25, -0.2) is 10.9 Å². The van der Waals surface area contributed by atoms with Gasteiger partial charge in [-0.2, -0.15) is 0 Å². The third kappa shape index (κ3) is 3.36. The van der Waals surface area contributed by atoms with E-state index in [2.05, 4.69) is 23.0 Å². The van der Waals surface area contributed by atoms with Gasteiger partial charge in [0.15, 0.2) is 0 Å². The van der Waals surface area contributed by atoms with Gasteiger partial charge in [-0.1, -0.05) is 30.3 Å². The maximum Gasteiger partial charge on any atom is 0.257 e. The Hall–Kier alpha value is -2.64. The minimum absolute atomic E-state index is 0.0457. The maximum absolute atomic E-state index is 12.8. The van der Waals surface area contributed by atoms with Crippen LogP contribution in [0.1, 0.15) is 28.4 Å². The van der Waals surface area contributed by atoms with E-state index in [1.54, 1.807) is 11.0 Å². The molecule has 2 unspecified atom stereocenters. The summed E-state index contributed by atoms with van der Waals surface area (Å²) in [5.74, 6) is 0.0435. The van der Waals surface area contributed by atoms with Crippen molar-refractivity contribution >= 4 is 11.8 Å². The molecule has 3 heterocycles. The number of hydrogen-bond donors (Lipinski definition) is 2. The van der Waals surface area contributed by atoms with Crippen molar-refractivity contribution in [2.45, 2.75) is 18.5 Å². The molecule has 2 N–H and O–H groups in total. The van der Waals surface area contributed by atoms with E-state index in [4.69, 9.17) is 4.42 Å². The van der Waals surface area contributed by atoms with Crippen molar-refractivity contribution in [1.29, 1.82) is 0 Å². The lowest BCUT2D eigenvalue weighted by Crippen LogP contribution is -2.54. The molecular weight excluding hydrogens is 332 g/mol. The van der Waals surface area contributed by atoms with Gasteiger partial charge >= 0.3 is 0 Å². The van der Waals surface area contributed by atoms with Crippen molar-refractivity contribution in [1.82, 2.24) is 20.7 Å². The number of rotatable bonds is 3. The second-order valence-electron chi connectivity index (χ2n) is 6.67. The van der Waals surface area contributed by atoms with Crippen molar-refractivity contribution < 1.29 is 14.0 Å². The number of nitrogens with zero attached hydrogens (tertiary/aromatic N) is 2. The first-order valence-electron chi connectivity index (χ1n) is 8.88. The lowest BCUT2D eigenvalue weighted by Gasteiger charge is -2.35. The van der Waals surface area contributed by atoms with E-state index in [-0.39, 0.29) is 23.9 Å². The van der Waals surface area contributed by atoms with E-state index in [0.29, 0.717) is 31.7 Å². The monoisotopic (exact) mass is 354 g/mol. The van der Waals surface area contributed by atoms with Crippen LogP contribution >= 0.6 is 0 Å². The summed E-state index contributed by atoms with van der Waals surface area (Å²) in [5, 5.41) is 0. The zero-order chi connectivity index (χ0) is 17.9. The highest BCUT2D eigenvalue weighted by atomic mass is 16.3. The van der Waals surface area contributed by atoms with E-state index < -0.39 is 0 Å². The van der Waals surface area contributed by atoms with Crippen LogP contribution in [-0.4, -0.2) is 53.8 Å². The topological polar surface area (TPSA) is 77.8 Å². The van der Waals surface area contributed by atoms with Crippen LogP contribution in [0, 0.1) is 0 Å². The van der Waals surface area contributed by atoms with Gasteiger partial charge in [0.1, 0.15) is 12.3 Å². The van der Waals surface area contributed by atoms with Crippen LogP contribution < -0.4 is 10.9 Å². The molecule has 1 aromatic carbocycles. The Kier molecular flexibility index (Phi) is 4.73. The third-order valence-electron chi connectivity index (χ3n) is 5.05. The molecule has 4 rings (SSSR count). The summed E-state index contributed by atoms with van der Waals surface area (Å²) < 4.78 is 4.97. The molecule has 2 aliphatic rings. The highest BCUT2D eigenvalue weighted by molar-refractivity contribution is 5.94. The summed E-state index contributed by atoms with van der Waals surface area (Å²) in [6.45, 7) is 2.18. The molecule has 7 nitrogen and oxygen atoms in total. The van der Waals surface area contributed by atoms with Crippen molar-refractivity contribution in [3.8, 4) is 0 Å². The van der Waals surface area contributed by atoms with Gasteiger partial charge in [0.25, 0.3) is 5.91 Å². The van der Waals surface area contributed by atoms with Crippen LogP contribution in [0.15, 0.2) is 53.3 Å². The smallest absolute Gasteiger partial charge is 0.257 e. The second-order valence-corrected chi connectivity index (χ2v) is 6.67. The van der Waals surface area contributed by atoms with Crippen LogP contribution in [0.3, 0.4) is 0 Å². The second kappa shape index (κ2) is 7.31. The predicted octanol–water partition coefficient (Wildman–Crippen LogP) is 1.17. The molecule has 0 aliphatic carbocycles. The molecule has 0 spiro atoms. The molecule has 2 atom stereocenters. The number of hydrazine groups is 1. The summed E-state index contributed by atoms with van der Waals surface area (Å²) in [5.41, 5.74) is 8.07. The third-order valence-corrected chi connectivity index (χ3v) is 5.05. The molecule has 2 aromatic rings. The number of hydrogen-bond acceptors (Lipinski definition) is 5. The van der Waals surface area contributed by atoms with Crippen LogP contribution in [0.4, 0.5) is 0 Å². The first-order chi connectivity index (χ1) is 12.7. The Morgan fingerprint density at radius 3 is 2.38 bits per heavy atom. The maximum atomic E-state index is 12.8. The first kappa shape index (κ1) is 16.8. The van der Waals surface area contributed by atoms with Crippen molar-refractivity contribution in [2.24, 2.45) is 0 Å². The molecule has 1 aromatic heterocycles. The summed E-state index contributed by atoms with van der Waals surface area (Å²) in [7, 11) is 0. The number of carbonyl (C=O) groups excluding carboxylic acids is 2. The Balaban J connectivity index is 1.31. The quantitative estimate of drug-likeness (QED) is 0.865. The number of furan rings is 1. The summed E-state index contributed by atoms with van der Waals surface area (Å²) in [4.78, 5) is 28.7. The van der Waals surface area contributed by atoms with Gasteiger partial charge in [0, 0.05) is 32.2 Å². The van der Waals surface area contributed by atoms with Gasteiger partial charge < -0.3 is 14.2 Å². The van der Waals surface area contributed by atoms with E-state index >= 15 is 0 Å². The van der Waals surface area contributed by atoms with E-state index in [1.807, 2.05) is 23.1 Å². The molecule has 2 aliphatic heterocycles. The Bertz CT molecular complexity index is 754.